The SMILES string of the molecule is CCN1CCCC1CNC(=O)CCc1c(C)n[nH]c1C. The third kappa shape index (κ3) is 3.60. The number of aromatic nitrogens is 2. The molecule has 5 nitrogen and oxygen atoms in total. The molecule has 1 aromatic heterocycles. The van der Waals surface area contributed by atoms with Crippen LogP contribution in [0.15, 0.2) is 0 Å². The normalized spacial score (nSPS) is 19.4. The molecule has 0 aromatic carbocycles. The third-order valence-corrected chi connectivity index (χ3v) is 4.32. The van der Waals surface area contributed by atoms with Crippen LogP contribution in [0.2, 0.25) is 0 Å². The summed E-state index contributed by atoms with van der Waals surface area (Å²) in [4.78, 5) is 14.4. The van der Waals surface area contributed by atoms with Crippen LogP contribution in [0.5, 0.6) is 0 Å². The highest BCUT2D eigenvalue weighted by Gasteiger charge is 2.23. The summed E-state index contributed by atoms with van der Waals surface area (Å²) in [5, 5.41) is 10.2. The van der Waals surface area contributed by atoms with Crippen LogP contribution in [0.25, 0.3) is 0 Å². The quantitative estimate of drug-likeness (QED) is 0.830. The van der Waals surface area contributed by atoms with E-state index in [1.54, 1.807) is 0 Å². The molecule has 1 saturated heterocycles. The maximum atomic E-state index is 12.0. The van der Waals surface area contributed by atoms with Crippen molar-refractivity contribution < 1.29 is 4.79 Å². The molecular formula is C15H26N4O. The van der Waals surface area contributed by atoms with Gasteiger partial charge in [-0.15, -0.1) is 0 Å². The highest BCUT2D eigenvalue weighted by atomic mass is 16.1. The molecule has 5 heteroatoms. The van der Waals surface area contributed by atoms with Crippen LogP contribution in [-0.4, -0.2) is 46.7 Å². The van der Waals surface area contributed by atoms with Gasteiger partial charge in [-0.1, -0.05) is 6.92 Å². The van der Waals surface area contributed by atoms with Gasteiger partial charge in [0.05, 0.1) is 5.69 Å². The third-order valence-electron chi connectivity index (χ3n) is 4.32. The van der Waals surface area contributed by atoms with E-state index in [2.05, 4.69) is 27.3 Å². The molecule has 1 atom stereocenters. The lowest BCUT2D eigenvalue weighted by molar-refractivity contribution is -0.121. The van der Waals surface area contributed by atoms with Gasteiger partial charge in [-0.25, -0.2) is 0 Å². The van der Waals surface area contributed by atoms with Crippen molar-refractivity contribution in [3.63, 3.8) is 0 Å². The molecular weight excluding hydrogens is 252 g/mol. The van der Waals surface area contributed by atoms with Crippen molar-refractivity contribution in [2.24, 2.45) is 0 Å². The van der Waals surface area contributed by atoms with Crippen molar-refractivity contribution in [1.82, 2.24) is 20.4 Å². The number of amides is 1. The minimum absolute atomic E-state index is 0.146. The number of aromatic amines is 1. The Kier molecular flexibility index (Phi) is 5.17. The number of hydrogen-bond acceptors (Lipinski definition) is 3. The van der Waals surface area contributed by atoms with E-state index in [9.17, 15) is 4.79 Å². The van der Waals surface area contributed by atoms with E-state index >= 15 is 0 Å². The number of likely N-dealkylation sites (tertiary alicyclic amines) is 1. The van der Waals surface area contributed by atoms with Crippen LogP contribution in [-0.2, 0) is 11.2 Å². The minimum Gasteiger partial charge on any atom is -0.355 e. The van der Waals surface area contributed by atoms with E-state index in [4.69, 9.17) is 0 Å². The molecule has 0 aliphatic carbocycles. The molecule has 0 radical (unpaired) electrons. The largest absolute Gasteiger partial charge is 0.355 e. The minimum atomic E-state index is 0.146. The van der Waals surface area contributed by atoms with Crippen molar-refractivity contribution in [2.75, 3.05) is 19.6 Å². The summed E-state index contributed by atoms with van der Waals surface area (Å²) >= 11 is 0. The fourth-order valence-electron chi connectivity index (χ4n) is 3.04. The number of rotatable bonds is 6. The van der Waals surface area contributed by atoms with Crippen LogP contribution in [0.4, 0.5) is 0 Å². The molecule has 0 spiro atoms. The van der Waals surface area contributed by atoms with Crippen molar-refractivity contribution in [3.8, 4) is 0 Å². The lowest BCUT2D eigenvalue weighted by Crippen LogP contribution is -2.40. The number of nitrogens with one attached hydrogen (secondary N) is 2. The van der Waals surface area contributed by atoms with E-state index in [0.29, 0.717) is 12.5 Å². The number of carbonyl (C=O) groups excluding carboxylic acids is 1. The average Bonchev–Trinajstić information content (AvgIpc) is 3.01. The first-order chi connectivity index (χ1) is 9.61. The van der Waals surface area contributed by atoms with Crippen LogP contribution >= 0.6 is 0 Å². The molecule has 1 aliphatic heterocycles. The average molecular weight is 278 g/mol. The molecule has 1 amide bonds. The van der Waals surface area contributed by atoms with Gasteiger partial charge in [0, 0.05) is 24.7 Å². The van der Waals surface area contributed by atoms with E-state index in [1.807, 2.05) is 13.8 Å². The van der Waals surface area contributed by atoms with Crippen molar-refractivity contribution in [3.05, 3.63) is 17.0 Å². The van der Waals surface area contributed by atoms with Gasteiger partial charge in [0.25, 0.3) is 0 Å². The topological polar surface area (TPSA) is 61.0 Å². The molecule has 1 aromatic rings. The molecule has 20 heavy (non-hydrogen) atoms. The van der Waals surface area contributed by atoms with Crippen molar-refractivity contribution >= 4 is 5.91 Å². The summed E-state index contributed by atoms with van der Waals surface area (Å²) in [6.07, 6.45) is 3.76. The van der Waals surface area contributed by atoms with Crippen LogP contribution < -0.4 is 5.32 Å². The zero-order valence-electron chi connectivity index (χ0n) is 12.8. The lowest BCUT2D eigenvalue weighted by atomic mass is 10.1. The fraction of sp³-hybridized carbons (Fsp3) is 0.733. The van der Waals surface area contributed by atoms with Crippen molar-refractivity contribution in [2.45, 2.75) is 52.5 Å². The molecule has 0 bridgehead atoms. The van der Waals surface area contributed by atoms with Gasteiger partial charge < -0.3 is 5.32 Å². The Bertz CT molecular complexity index is 435. The maximum Gasteiger partial charge on any atom is 0.220 e. The number of aryl methyl sites for hydroxylation is 2. The second kappa shape index (κ2) is 6.88. The number of nitrogens with zero attached hydrogens (tertiary/aromatic N) is 2. The Morgan fingerprint density at radius 1 is 1.50 bits per heavy atom. The van der Waals surface area contributed by atoms with Crippen LogP contribution in [0.3, 0.4) is 0 Å². The highest BCUT2D eigenvalue weighted by molar-refractivity contribution is 5.76. The lowest BCUT2D eigenvalue weighted by Gasteiger charge is -2.22. The molecule has 2 heterocycles. The first-order valence-corrected chi connectivity index (χ1v) is 7.63. The zero-order valence-corrected chi connectivity index (χ0v) is 12.8. The molecule has 1 unspecified atom stereocenters. The first-order valence-electron chi connectivity index (χ1n) is 7.63. The van der Waals surface area contributed by atoms with E-state index in [1.165, 1.54) is 24.9 Å². The Labute approximate surface area is 121 Å². The van der Waals surface area contributed by atoms with E-state index < -0.39 is 0 Å². The van der Waals surface area contributed by atoms with Gasteiger partial charge in [0.2, 0.25) is 5.91 Å². The second-order valence-corrected chi connectivity index (χ2v) is 5.64. The van der Waals surface area contributed by atoms with Gasteiger partial charge in [0.15, 0.2) is 0 Å². The summed E-state index contributed by atoms with van der Waals surface area (Å²) in [5.74, 6) is 0.146. The number of hydrogen-bond donors (Lipinski definition) is 2. The zero-order chi connectivity index (χ0) is 14.5. The maximum absolute atomic E-state index is 12.0. The fourth-order valence-corrected chi connectivity index (χ4v) is 3.04. The second-order valence-electron chi connectivity index (χ2n) is 5.64. The number of H-pyrrole nitrogens is 1. The molecule has 0 saturated carbocycles. The molecule has 112 valence electrons. The summed E-state index contributed by atoms with van der Waals surface area (Å²) in [5.41, 5.74) is 3.25. The molecule has 2 rings (SSSR count). The van der Waals surface area contributed by atoms with Gasteiger partial charge in [-0.2, -0.15) is 5.10 Å². The number of carbonyl (C=O) groups is 1. The Morgan fingerprint density at radius 3 is 2.95 bits per heavy atom. The molecule has 1 fully saturated rings. The van der Waals surface area contributed by atoms with Crippen molar-refractivity contribution in [1.29, 1.82) is 0 Å². The van der Waals surface area contributed by atoms with Crippen LogP contribution in [0, 0.1) is 13.8 Å². The Morgan fingerprint density at radius 2 is 2.30 bits per heavy atom. The van der Waals surface area contributed by atoms with Gasteiger partial charge in [-0.05, 0) is 51.8 Å². The van der Waals surface area contributed by atoms with E-state index in [-0.39, 0.29) is 5.91 Å². The summed E-state index contributed by atoms with van der Waals surface area (Å²) in [6, 6.07) is 0.529. The van der Waals surface area contributed by atoms with Crippen LogP contribution in [0.1, 0.15) is 43.1 Å². The monoisotopic (exact) mass is 278 g/mol. The highest BCUT2D eigenvalue weighted by Crippen LogP contribution is 2.16. The standard InChI is InChI=1S/C15H26N4O/c1-4-19-9-5-6-13(19)10-16-15(20)8-7-14-11(2)17-18-12(14)3/h13H,4-10H2,1-3H3,(H,16,20)(H,17,18). The van der Waals surface area contributed by atoms with E-state index in [0.717, 1.165) is 30.9 Å². The first kappa shape index (κ1) is 15.0. The molecule has 1 aliphatic rings. The van der Waals surface area contributed by atoms with Gasteiger partial charge in [-0.3, -0.25) is 14.8 Å². The molecule has 2 N–H and O–H groups in total. The summed E-state index contributed by atoms with van der Waals surface area (Å²) in [6.45, 7) is 9.21. The number of likely N-dealkylation sites (N-methyl/N-ethyl adjacent to an activating group) is 1. The Hall–Kier alpha value is -1.36. The smallest absolute Gasteiger partial charge is 0.220 e. The summed E-state index contributed by atoms with van der Waals surface area (Å²) in [7, 11) is 0. The summed E-state index contributed by atoms with van der Waals surface area (Å²) < 4.78 is 0. The Balaban J connectivity index is 1.73. The predicted molar refractivity (Wildman–Crippen MR) is 79.7 cm³/mol. The van der Waals surface area contributed by atoms with Gasteiger partial charge >= 0.3 is 0 Å². The van der Waals surface area contributed by atoms with Gasteiger partial charge in [0.1, 0.15) is 0 Å². The predicted octanol–water partition coefficient (Wildman–Crippen LogP) is 1.56.